The molecule has 0 saturated heterocycles. The lowest BCUT2D eigenvalue weighted by Gasteiger charge is -2.09. The molecule has 2 aromatic carbocycles. The predicted octanol–water partition coefficient (Wildman–Crippen LogP) is 5.97. The summed E-state index contributed by atoms with van der Waals surface area (Å²) in [5, 5.41) is 0.364. The minimum atomic E-state index is -0.372. The van der Waals surface area contributed by atoms with Gasteiger partial charge in [-0.2, -0.15) is 0 Å². The highest BCUT2D eigenvalue weighted by atomic mass is 35.5. The molecule has 0 aromatic heterocycles. The van der Waals surface area contributed by atoms with Crippen LogP contribution in [0.15, 0.2) is 53.0 Å². The van der Waals surface area contributed by atoms with Crippen molar-refractivity contribution in [1.82, 2.24) is 0 Å². The third kappa shape index (κ3) is 5.12. The van der Waals surface area contributed by atoms with Crippen LogP contribution in [0.1, 0.15) is 0 Å². The van der Waals surface area contributed by atoms with E-state index in [2.05, 4.69) is 0 Å². The Morgan fingerprint density at radius 2 is 1.86 bits per heavy atom. The Morgan fingerprint density at radius 1 is 1.10 bits per heavy atom. The van der Waals surface area contributed by atoms with E-state index in [1.54, 1.807) is 30.3 Å². The van der Waals surface area contributed by atoms with E-state index in [1.165, 1.54) is 18.2 Å². The van der Waals surface area contributed by atoms with Crippen LogP contribution in [0.25, 0.3) is 0 Å². The first kappa shape index (κ1) is 16.0. The third-order valence-corrected chi connectivity index (χ3v) is 3.02. The monoisotopic (exact) mass is 346 g/mol. The molecule has 0 spiro atoms. The van der Waals surface area contributed by atoms with Gasteiger partial charge in [-0.25, -0.2) is 4.39 Å². The molecular weight excluding hydrogens is 338 g/mol. The van der Waals surface area contributed by atoms with Crippen molar-refractivity contribution in [3.8, 4) is 17.2 Å². The highest BCUT2D eigenvalue weighted by Gasteiger charge is 2.05. The topological polar surface area (TPSA) is 18.5 Å². The summed E-state index contributed by atoms with van der Waals surface area (Å²) in [5.74, 6) is 0.956. The lowest BCUT2D eigenvalue weighted by molar-refractivity contribution is 0.362. The zero-order chi connectivity index (χ0) is 15.2. The zero-order valence-electron chi connectivity index (χ0n) is 10.7. The highest BCUT2D eigenvalue weighted by molar-refractivity contribution is 6.55. The molecule has 0 N–H and O–H groups in total. The van der Waals surface area contributed by atoms with Crippen LogP contribution in [0, 0.1) is 5.82 Å². The molecule has 0 atom stereocenters. The summed E-state index contributed by atoms with van der Waals surface area (Å²) in [4.78, 5) is 0. The van der Waals surface area contributed by atoms with E-state index >= 15 is 0 Å². The van der Waals surface area contributed by atoms with Gasteiger partial charge in [0.15, 0.2) is 0 Å². The summed E-state index contributed by atoms with van der Waals surface area (Å²) in [6, 6.07) is 10.7. The second kappa shape index (κ2) is 7.55. The van der Waals surface area contributed by atoms with Gasteiger partial charge in [0.1, 0.15) is 34.2 Å². The van der Waals surface area contributed by atoms with Gasteiger partial charge < -0.3 is 9.47 Å². The zero-order valence-corrected chi connectivity index (χ0v) is 12.9. The molecule has 2 aromatic rings. The number of ether oxygens (including phenoxy) is 2. The minimum absolute atomic E-state index is 0.122. The predicted molar refractivity (Wildman–Crippen MR) is 83.2 cm³/mol. The number of benzene rings is 2. The maximum absolute atomic E-state index is 13.1. The molecule has 110 valence electrons. The van der Waals surface area contributed by atoms with Gasteiger partial charge in [-0.1, -0.05) is 40.9 Å². The van der Waals surface area contributed by atoms with Crippen molar-refractivity contribution in [3.05, 3.63) is 63.9 Å². The van der Waals surface area contributed by atoms with Crippen molar-refractivity contribution in [3.63, 3.8) is 0 Å². The summed E-state index contributed by atoms with van der Waals surface area (Å²) in [6.07, 6.45) is 1.50. The molecule has 0 aliphatic heterocycles. The van der Waals surface area contributed by atoms with Gasteiger partial charge in [-0.15, -0.1) is 0 Å². The van der Waals surface area contributed by atoms with Crippen LogP contribution in [0.2, 0.25) is 5.02 Å². The second-order valence-corrected chi connectivity index (χ2v) is 5.37. The average molecular weight is 348 g/mol. The van der Waals surface area contributed by atoms with Crippen LogP contribution >= 0.6 is 34.8 Å². The van der Waals surface area contributed by atoms with Crippen LogP contribution < -0.4 is 9.47 Å². The van der Waals surface area contributed by atoms with Crippen molar-refractivity contribution in [1.29, 1.82) is 0 Å². The van der Waals surface area contributed by atoms with Gasteiger partial charge >= 0.3 is 0 Å². The van der Waals surface area contributed by atoms with E-state index in [0.717, 1.165) is 0 Å². The van der Waals surface area contributed by atoms with Crippen molar-refractivity contribution in [2.75, 3.05) is 6.61 Å². The Balaban J connectivity index is 2.06. The summed E-state index contributed by atoms with van der Waals surface area (Å²) in [7, 11) is 0. The fourth-order valence-corrected chi connectivity index (χ4v) is 1.87. The van der Waals surface area contributed by atoms with Crippen molar-refractivity contribution in [2.24, 2.45) is 0 Å². The molecule has 0 aliphatic carbocycles. The third-order valence-electron chi connectivity index (χ3n) is 2.41. The SMILES string of the molecule is Fc1cccc(Oc2ccc(OCC=C(Cl)Cl)c(Cl)c2)c1. The van der Waals surface area contributed by atoms with Gasteiger partial charge in [0.2, 0.25) is 0 Å². The van der Waals surface area contributed by atoms with Gasteiger partial charge in [-0.05, 0) is 30.3 Å². The van der Waals surface area contributed by atoms with Crippen LogP contribution in [0.4, 0.5) is 4.39 Å². The van der Waals surface area contributed by atoms with E-state index in [-0.39, 0.29) is 16.9 Å². The molecule has 0 unspecified atom stereocenters. The number of halogens is 4. The highest BCUT2D eigenvalue weighted by Crippen LogP contribution is 2.31. The molecule has 0 saturated carbocycles. The maximum atomic E-state index is 13.1. The van der Waals surface area contributed by atoms with Gasteiger partial charge in [0, 0.05) is 12.1 Å². The van der Waals surface area contributed by atoms with E-state index in [0.29, 0.717) is 22.3 Å². The van der Waals surface area contributed by atoms with E-state index < -0.39 is 0 Å². The summed E-state index contributed by atoms with van der Waals surface area (Å²) in [5.41, 5.74) is 0. The molecular formula is C15H10Cl3FO2. The normalized spacial score (nSPS) is 10.1. The van der Waals surface area contributed by atoms with Crippen molar-refractivity contribution in [2.45, 2.75) is 0 Å². The fourth-order valence-electron chi connectivity index (χ4n) is 1.52. The van der Waals surface area contributed by atoms with Crippen LogP contribution in [-0.2, 0) is 0 Å². The minimum Gasteiger partial charge on any atom is -0.488 e. The van der Waals surface area contributed by atoms with E-state index in [4.69, 9.17) is 44.3 Å². The fraction of sp³-hybridized carbons (Fsp3) is 0.0667. The summed E-state index contributed by atoms with van der Waals surface area (Å²) in [6.45, 7) is 0.201. The van der Waals surface area contributed by atoms with Crippen molar-refractivity contribution >= 4 is 34.8 Å². The molecule has 0 amide bonds. The first-order valence-electron chi connectivity index (χ1n) is 5.91. The van der Waals surface area contributed by atoms with Crippen LogP contribution in [0.3, 0.4) is 0 Å². The van der Waals surface area contributed by atoms with Gasteiger partial charge in [0.05, 0.1) is 5.02 Å². The molecule has 0 bridgehead atoms. The van der Waals surface area contributed by atoms with E-state index in [1.807, 2.05) is 0 Å². The lowest BCUT2D eigenvalue weighted by Crippen LogP contribution is -1.94. The Labute approximate surface area is 136 Å². The average Bonchev–Trinajstić information content (AvgIpc) is 2.41. The van der Waals surface area contributed by atoms with Crippen LogP contribution in [0.5, 0.6) is 17.2 Å². The molecule has 0 fully saturated rings. The van der Waals surface area contributed by atoms with Crippen molar-refractivity contribution < 1.29 is 13.9 Å². The molecule has 0 heterocycles. The number of rotatable bonds is 5. The van der Waals surface area contributed by atoms with Crippen LogP contribution in [-0.4, -0.2) is 6.61 Å². The Hall–Kier alpha value is -1.42. The largest absolute Gasteiger partial charge is 0.488 e. The Morgan fingerprint density at radius 3 is 2.52 bits per heavy atom. The number of hydrogen-bond donors (Lipinski definition) is 0. The molecule has 6 heteroatoms. The maximum Gasteiger partial charge on any atom is 0.138 e. The van der Waals surface area contributed by atoms with Gasteiger partial charge in [-0.3, -0.25) is 0 Å². The standard InChI is InChI=1S/C15H10Cl3FO2/c16-13-9-12(21-11-3-1-2-10(19)8-11)4-5-14(13)20-7-6-15(17)18/h1-6,8-9H,7H2. The molecule has 0 radical (unpaired) electrons. The first-order chi connectivity index (χ1) is 10.0. The quantitative estimate of drug-likeness (QED) is 0.663. The first-order valence-corrected chi connectivity index (χ1v) is 7.05. The summed E-state index contributed by atoms with van der Waals surface area (Å²) < 4.78 is 24.1. The smallest absolute Gasteiger partial charge is 0.138 e. The molecule has 2 rings (SSSR count). The molecule has 0 aliphatic rings. The Kier molecular flexibility index (Phi) is 5.74. The summed E-state index contributed by atoms with van der Waals surface area (Å²) >= 11 is 17.0. The lowest BCUT2D eigenvalue weighted by atomic mass is 10.3. The number of hydrogen-bond acceptors (Lipinski definition) is 2. The Bertz CT molecular complexity index is 655. The van der Waals surface area contributed by atoms with Gasteiger partial charge in [0.25, 0.3) is 0 Å². The second-order valence-electron chi connectivity index (χ2n) is 3.96. The molecule has 2 nitrogen and oxygen atoms in total. The van der Waals surface area contributed by atoms with E-state index in [9.17, 15) is 4.39 Å². The molecule has 21 heavy (non-hydrogen) atoms.